The quantitative estimate of drug-likeness (QED) is 0.406. The highest BCUT2D eigenvalue weighted by Gasteiger charge is 2.03. The van der Waals surface area contributed by atoms with Gasteiger partial charge >= 0.3 is 0 Å². The summed E-state index contributed by atoms with van der Waals surface area (Å²) >= 11 is 0. The molecule has 0 radical (unpaired) electrons. The third kappa shape index (κ3) is 4.41. The fraction of sp³-hybridized carbons (Fsp3) is 0.0526. The number of hydrogen-bond donors (Lipinski definition) is 2. The van der Waals surface area contributed by atoms with Gasteiger partial charge in [0.25, 0.3) is 11.6 Å². The lowest BCUT2D eigenvalue weighted by atomic mass is 10.1. The highest BCUT2D eigenvalue weighted by molar-refractivity contribution is 5.87. The number of carbonyl (C=O) groups is 1. The predicted molar refractivity (Wildman–Crippen MR) is 101 cm³/mol. The lowest BCUT2D eigenvalue weighted by Gasteiger charge is -2.06. The van der Waals surface area contributed by atoms with Crippen LogP contribution in [0.15, 0.2) is 71.8 Å². The highest BCUT2D eigenvalue weighted by atomic mass is 16.6. The monoisotopic (exact) mass is 348 g/mol. The van der Waals surface area contributed by atoms with Crippen LogP contribution < -0.4 is 10.7 Å². The topological polar surface area (TPSA) is 96.6 Å². The van der Waals surface area contributed by atoms with E-state index in [4.69, 9.17) is 0 Å². The van der Waals surface area contributed by atoms with Gasteiger partial charge < -0.3 is 5.32 Å². The number of anilines is 1. The Morgan fingerprint density at radius 2 is 1.77 bits per heavy atom. The zero-order valence-corrected chi connectivity index (χ0v) is 13.8. The molecule has 0 unspecified atom stereocenters. The number of nitrogens with one attached hydrogen (secondary N) is 2. The smallest absolute Gasteiger partial charge is 0.269 e. The molecule has 7 heteroatoms. The molecule has 26 heavy (non-hydrogen) atoms. The van der Waals surface area contributed by atoms with Crippen molar-refractivity contribution < 1.29 is 9.72 Å². The van der Waals surface area contributed by atoms with E-state index < -0.39 is 4.92 Å². The Morgan fingerprint density at radius 1 is 1.04 bits per heavy atom. The third-order valence-corrected chi connectivity index (χ3v) is 3.71. The molecule has 0 aliphatic carbocycles. The van der Waals surface area contributed by atoms with Crippen LogP contribution in [0.2, 0.25) is 0 Å². The first-order valence-corrected chi connectivity index (χ1v) is 7.91. The van der Waals surface area contributed by atoms with E-state index in [9.17, 15) is 14.9 Å². The van der Waals surface area contributed by atoms with Gasteiger partial charge in [-0.2, -0.15) is 5.10 Å². The van der Waals surface area contributed by atoms with E-state index in [0.717, 1.165) is 16.5 Å². The summed E-state index contributed by atoms with van der Waals surface area (Å²) in [7, 11) is 0. The minimum atomic E-state index is -0.471. The summed E-state index contributed by atoms with van der Waals surface area (Å²) in [5.74, 6) is -0.295. The molecular formula is C19H16N4O3. The molecule has 0 saturated heterocycles. The van der Waals surface area contributed by atoms with Crippen LogP contribution in [0.4, 0.5) is 11.4 Å². The number of nitrogens with zero attached hydrogens (tertiary/aromatic N) is 2. The number of rotatable bonds is 6. The summed E-state index contributed by atoms with van der Waals surface area (Å²) in [6.07, 6.45) is 1.43. The Labute approximate surface area is 149 Å². The second-order valence-corrected chi connectivity index (χ2v) is 5.56. The zero-order chi connectivity index (χ0) is 18.4. The number of fused-ring (bicyclic) bond motifs is 1. The Hall–Kier alpha value is -3.74. The molecule has 3 rings (SSSR count). The number of hydrazone groups is 1. The minimum Gasteiger partial charge on any atom is -0.376 e. The predicted octanol–water partition coefficient (Wildman–Crippen LogP) is 3.31. The van der Waals surface area contributed by atoms with Crippen LogP contribution in [0.1, 0.15) is 5.56 Å². The fourth-order valence-corrected chi connectivity index (χ4v) is 2.38. The second-order valence-electron chi connectivity index (χ2n) is 5.56. The Bertz CT molecular complexity index is 968. The summed E-state index contributed by atoms with van der Waals surface area (Å²) in [6, 6.07) is 19.7. The maximum atomic E-state index is 11.8. The Kier molecular flexibility index (Phi) is 5.19. The normalized spacial score (nSPS) is 10.8. The largest absolute Gasteiger partial charge is 0.376 e. The molecule has 2 N–H and O–H groups in total. The van der Waals surface area contributed by atoms with Crippen LogP contribution in [0, 0.1) is 10.1 Å². The first-order chi connectivity index (χ1) is 12.6. The van der Waals surface area contributed by atoms with E-state index in [1.54, 1.807) is 12.1 Å². The average molecular weight is 348 g/mol. The standard InChI is InChI=1S/C19H16N4O3/c24-19(22-21-12-14-5-9-18(10-6-14)23(25)26)13-20-17-8-7-15-3-1-2-4-16(15)11-17/h1-12,20H,13H2,(H,22,24)/b21-12-. The highest BCUT2D eigenvalue weighted by Crippen LogP contribution is 2.18. The molecule has 0 heterocycles. The molecule has 0 fully saturated rings. The van der Waals surface area contributed by atoms with E-state index >= 15 is 0 Å². The van der Waals surface area contributed by atoms with Crippen molar-refractivity contribution in [2.75, 3.05) is 11.9 Å². The van der Waals surface area contributed by atoms with E-state index in [2.05, 4.69) is 15.8 Å². The first-order valence-electron chi connectivity index (χ1n) is 7.91. The van der Waals surface area contributed by atoms with Crippen LogP contribution in [-0.2, 0) is 4.79 Å². The molecule has 3 aromatic carbocycles. The molecule has 3 aromatic rings. The van der Waals surface area contributed by atoms with Gasteiger partial charge in [-0.3, -0.25) is 14.9 Å². The maximum Gasteiger partial charge on any atom is 0.269 e. The molecule has 0 saturated carbocycles. The van der Waals surface area contributed by atoms with Gasteiger partial charge in [0, 0.05) is 17.8 Å². The van der Waals surface area contributed by atoms with Crippen LogP contribution in [0.5, 0.6) is 0 Å². The van der Waals surface area contributed by atoms with Crippen molar-refractivity contribution in [3.8, 4) is 0 Å². The Balaban J connectivity index is 1.51. The molecule has 130 valence electrons. The SMILES string of the molecule is O=C(CNc1ccc2ccccc2c1)N/N=C\c1ccc([N+](=O)[O-])cc1. The maximum absolute atomic E-state index is 11.8. The molecule has 0 aliphatic rings. The van der Waals surface area contributed by atoms with Crippen LogP contribution in [0.25, 0.3) is 10.8 Å². The molecule has 0 aliphatic heterocycles. The van der Waals surface area contributed by atoms with Gasteiger partial charge in [0.1, 0.15) is 0 Å². The number of hydrogen-bond acceptors (Lipinski definition) is 5. The summed E-state index contributed by atoms with van der Waals surface area (Å²) in [5.41, 5.74) is 3.91. The van der Waals surface area contributed by atoms with Gasteiger partial charge in [-0.05, 0) is 40.6 Å². The molecule has 0 atom stereocenters. The van der Waals surface area contributed by atoms with Gasteiger partial charge in [0.15, 0.2) is 0 Å². The van der Waals surface area contributed by atoms with E-state index in [1.807, 2.05) is 42.5 Å². The van der Waals surface area contributed by atoms with E-state index in [-0.39, 0.29) is 18.1 Å². The summed E-state index contributed by atoms with van der Waals surface area (Å²) in [5, 5.41) is 19.7. The fourth-order valence-electron chi connectivity index (χ4n) is 2.38. The number of carbonyl (C=O) groups excluding carboxylic acids is 1. The van der Waals surface area contributed by atoms with Gasteiger partial charge in [0.05, 0.1) is 17.7 Å². The zero-order valence-electron chi connectivity index (χ0n) is 13.8. The van der Waals surface area contributed by atoms with Crippen LogP contribution >= 0.6 is 0 Å². The molecule has 0 spiro atoms. The van der Waals surface area contributed by atoms with Crippen LogP contribution in [0.3, 0.4) is 0 Å². The Morgan fingerprint density at radius 3 is 2.50 bits per heavy atom. The number of nitro benzene ring substituents is 1. The third-order valence-electron chi connectivity index (χ3n) is 3.71. The lowest BCUT2D eigenvalue weighted by molar-refractivity contribution is -0.384. The number of nitro groups is 1. The molecular weight excluding hydrogens is 332 g/mol. The van der Waals surface area contributed by atoms with Crippen molar-refractivity contribution in [1.82, 2.24) is 5.43 Å². The van der Waals surface area contributed by atoms with E-state index in [0.29, 0.717) is 5.56 Å². The summed E-state index contributed by atoms with van der Waals surface area (Å²) in [4.78, 5) is 22.0. The second kappa shape index (κ2) is 7.89. The van der Waals surface area contributed by atoms with Crippen molar-refractivity contribution in [3.63, 3.8) is 0 Å². The first kappa shape index (κ1) is 17.1. The lowest BCUT2D eigenvalue weighted by Crippen LogP contribution is -2.25. The van der Waals surface area contributed by atoms with Gasteiger partial charge in [-0.1, -0.05) is 30.3 Å². The van der Waals surface area contributed by atoms with Crippen molar-refractivity contribution in [3.05, 3.63) is 82.4 Å². The molecule has 7 nitrogen and oxygen atoms in total. The van der Waals surface area contributed by atoms with Gasteiger partial charge in [0.2, 0.25) is 0 Å². The molecule has 1 amide bonds. The van der Waals surface area contributed by atoms with Crippen molar-refractivity contribution in [1.29, 1.82) is 0 Å². The van der Waals surface area contributed by atoms with Gasteiger partial charge in [-0.15, -0.1) is 0 Å². The van der Waals surface area contributed by atoms with Crippen molar-refractivity contribution in [2.24, 2.45) is 5.10 Å². The van der Waals surface area contributed by atoms with Crippen molar-refractivity contribution >= 4 is 34.3 Å². The number of amides is 1. The molecule has 0 aromatic heterocycles. The van der Waals surface area contributed by atoms with Crippen LogP contribution in [-0.4, -0.2) is 23.6 Å². The number of benzene rings is 3. The minimum absolute atomic E-state index is 0.00534. The van der Waals surface area contributed by atoms with Crippen molar-refractivity contribution in [2.45, 2.75) is 0 Å². The number of non-ortho nitro benzene ring substituents is 1. The average Bonchev–Trinajstić information content (AvgIpc) is 2.66. The summed E-state index contributed by atoms with van der Waals surface area (Å²) in [6.45, 7) is 0.0793. The molecule has 0 bridgehead atoms. The van der Waals surface area contributed by atoms with Gasteiger partial charge in [-0.25, -0.2) is 5.43 Å². The summed E-state index contributed by atoms with van der Waals surface area (Å²) < 4.78 is 0. The van der Waals surface area contributed by atoms with E-state index in [1.165, 1.54) is 18.3 Å².